The molecular weight excluding hydrogens is 1450 g/mol. The van der Waals surface area contributed by atoms with Crippen molar-refractivity contribution in [3.63, 3.8) is 0 Å². The van der Waals surface area contributed by atoms with Crippen LogP contribution in [0.15, 0.2) is 182 Å². The van der Waals surface area contributed by atoms with E-state index in [2.05, 4.69) is 210 Å². The summed E-state index contributed by atoms with van der Waals surface area (Å²) < 4.78 is 68.8. The Balaban J connectivity index is 5.46. The SMILES string of the molecule is CC/C=C\C/C=C\C/C=C\C/C=C\C/C=C\CCCCCC(=O)OCC(COP(=O)(O)OCC(O)COP(=O)(O)OCC(COC(=O)CCCCCCCC/C=C\C/C=C\C/C=C\C/C=C\CC)OC(=O)CCCCCCCCC/C=C\C/C=C\C/C=C\CC)OC(=O)CCCCCCCCC/C=C\C/C=C\C/C=C\CC. The molecule has 0 fully saturated rings. The number of allylic oxidation sites excluding steroid dienone is 30. The van der Waals surface area contributed by atoms with Gasteiger partial charge in [0, 0.05) is 25.7 Å². The van der Waals surface area contributed by atoms with Crippen LogP contribution in [-0.4, -0.2) is 96.7 Å². The smallest absolute Gasteiger partial charge is 0.462 e. The van der Waals surface area contributed by atoms with E-state index in [0.29, 0.717) is 25.7 Å². The van der Waals surface area contributed by atoms with Gasteiger partial charge in [-0.15, -0.1) is 0 Å². The monoisotopic (exact) mass is 1600 g/mol. The second-order valence-corrected chi connectivity index (χ2v) is 30.9. The second-order valence-electron chi connectivity index (χ2n) is 27.9. The average molecular weight is 1600 g/mol. The summed E-state index contributed by atoms with van der Waals surface area (Å²) >= 11 is 0. The van der Waals surface area contributed by atoms with E-state index in [9.17, 15) is 43.2 Å². The number of carbonyl (C=O) groups excluding carboxylic acids is 4. The van der Waals surface area contributed by atoms with Gasteiger partial charge in [0.2, 0.25) is 0 Å². The van der Waals surface area contributed by atoms with Gasteiger partial charge in [0.15, 0.2) is 12.2 Å². The molecule has 0 spiro atoms. The molecule has 0 bridgehead atoms. The molecule has 0 aromatic rings. The molecule has 17 nitrogen and oxygen atoms in total. The number of phosphoric ester groups is 2. The van der Waals surface area contributed by atoms with Gasteiger partial charge in [-0.05, 0) is 173 Å². The summed E-state index contributed by atoms with van der Waals surface area (Å²) in [5.74, 6) is -2.25. The predicted molar refractivity (Wildman–Crippen MR) is 463 cm³/mol. The molecule has 0 aliphatic rings. The molecule has 0 aromatic heterocycles. The molecule has 0 heterocycles. The van der Waals surface area contributed by atoms with Crippen LogP contribution in [0.25, 0.3) is 0 Å². The maximum Gasteiger partial charge on any atom is 0.472 e. The number of aliphatic hydroxyl groups excluding tert-OH is 1. The molecule has 0 radical (unpaired) electrons. The third-order valence-electron chi connectivity index (χ3n) is 17.4. The molecule has 5 atom stereocenters. The van der Waals surface area contributed by atoms with Crippen LogP contribution in [0, 0.1) is 0 Å². The molecule has 0 saturated heterocycles. The van der Waals surface area contributed by atoms with Crippen molar-refractivity contribution in [3.8, 4) is 0 Å². The lowest BCUT2D eigenvalue weighted by Crippen LogP contribution is -2.30. The molecule has 5 unspecified atom stereocenters. The maximum atomic E-state index is 13.2. The molecule has 0 rings (SSSR count). The van der Waals surface area contributed by atoms with Crippen molar-refractivity contribution in [1.29, 1.82) is 0 Å². The predicted octanol–water partition coefficient (Wildman–Crippen LogP) is 25.9. The van der Waals surface area contributed by atoms with Crippen LogP contribution < -0.4 is 0 Å². The standard InChI is InChI=1S/C93H152O17P2/c1-5-9-13-17-21-25-29-33-37-41-43-47-49-53-57-61-65-69-73-77-90(95)103-83-88(109-92(97)79-75-71-67-63-59-55-51-45-39-35-31-27-23-19-15-11-7-3)85-107-111(99,100)105-81-87(94)82-106-112(101,102)108-86-89(110-93(98)80-76-72-68-64-60-56-52-46-40-36-32-28-24-20-16-12-8-4)84-104-91(96)78-74-70-66-62-58-54-50-48-44-42-38-34-30-26-22-18-14-10-6-2/h9-16,21-28,33-40,43-44,47-48,53,57,87-89,94H,5-8,17-20,29-32,41-42,45-46,49-52,54-56,58-86H2,1-4H3,(H,99,100)(H,101,102)/b13-9-,14-10-,15-11-,16-12-,25-21-,26-22-,27-23-,28-24-,37-33-,38-34-,39-35-,40-36-,47-43-,48-44-,57-53-. The Morgan fingerprint density at radius 1 is 0.250 bits per heavy atom. The Bertz CT molecular complexity index is 2840. The zero-order valence-electron chi connectivity index (χ0n) is 69.8. The first kappa shape index (κ1) is 106. The van der Waals surface area contributed by atoms with E-state index >= 15 is 0 Å². The maximum absolute atomic E-state index is 13.2. The van der Waals surface area contributed by atoms with Gasteiger partial charge >= 0.3 is 39.5 Å². The molecular formula is C93H152O17P2. The van der Waals surface area contributed by atoms with E-state index in [-0.39, 0.29) is 25.7 Å². The number of hydrogen-bond donors (Lipinski definition) is 3. The van der Waals surface area contributed by atoms with Crippen molar-refractivity contribution >= 4 is 39.5 Å². The molecule has 0 aliphatic heterocycles. The molecule has 3 N–H and O–H groups in total. The fraction of sp³-hybridized carbons (Fsp3) is 0.634. The van der Waals surface area contributed by atoms with E-state index in [4.69, 9.17) is 37.0 Å². The van der Waals surface area contributed by atoms with Gasteiger partial charge in [0.1, 0.15) is 19.3 Å². The number of unbranched alkanes of at least 4 members (excludes halogenated alkanes) is 23. The summed E-state index contributed by atoms with van der Waals surface area (Å²) in [6, 6.07) is 0. The Hall–Kier alpha value is -5.84. The first-order valence-corrected chi connectivity index (χ1v) is 46.0. The Labute approximate surface area is 679 Å². The zero-order chi connectivity index (χ0) is 81.7. The Morgan fingerprint density at radius 3 is 0.679 bits per heavy atom. The van der Waals surface area contributed by atoms with Crippen molar-refractivity contribution in [1.82, 2.24) is 0 Å². The van der Waals surface area contributed by atoms with E-state index in [1.807, 2.05) is 0 Å². The van der Waals surface area contributed by atoms with Crippen LogP contribution in [0.4, 0.5) is 0 Å². The number of hydrogen-bond acceptors (Lipinski definition) is 15. The quantitative estimate of drug-likeness (QED) is 0.0169. The molecule has 0 amide bonds. The lowest BCUT2D eigenvalue weighted by molar-refractivity contribution is -0.161. The summed E-state index contributed by atoms with van der Waals surface area (Å²) in [4.78, 5) is 73.4. The molecule has 112 heavy (non-hydrogen) atoms. The van der Waals surface area contributed by atoms with E-state index in [1.165, 1.54) is 0 Å². The van der Waals surface area contributed by atoms with Crippen LogP contribution in [0.1, 0.15) is 323 Å². The first-order valence-electron chi connectivity index (χ1n) is 43.0. The summed E-state index contributed by atoms with van der Waals surface area (Å²) in [6.07, 6.45) is 101. The highest BCUT2D eigenvalue weighted by Crippen LogP contribution is 2.45. The Kier molecular flexibility index (Phi) is 78.8. The largest absolute Gasteiger partial charge is 0.472 e. The summed E-state index contributed by atoms with van der Waals surface area (Å²) in [6.45, 7) is 4.37. The molecule has 636 valence electrons. The molecule has 0 aliphatic carbocycles. The third kappa shape index (κ3) is 82.2. The minimum Gasteiger partial charge on any atom is -0.462 e. The minimum absolute atomic E-state index is 0.0695. The van der Waals surface area contributed by atoms with Gasteiger partial charge in [0.05, 0.1) is 26.4 Å². The van der Waals surface area contributed by atoms with Crippen LogP contribution in [-0.2, 0) is 65.4 Å². The number of ether oxygens (including phenoxy) is 4. The van der Waals surface area contributed by atoms with Crippen LogP contribution in [0.2, 0.25) is 0 Å². The van der Waals surface area contributed by atoms with Gasteiger partial charge in [0.25, 0.3) is 0 Å². The van der Waals surface area contributed by atoms with Gasteiger partial charge < -0.3 is 33.8 Å². The van der Waals surface area contributed by atoms with Crippen molar-refractivity contribution in [3.05, 3.63) is 182 Å². The van der Waals surface area contributed by atoms with Crippen molar-refractivity contribution in [2.45, 2.75) is 341 Å². The lowest BCUT2D eigenvalue weighted by atomic mass is 10.1. The molecule has 0 saturated carbocycles. The van der Waals surface area contributed by atoms with Gasteiger partial charge in [-0.25, -0.2) is 9.13 Å². The number of esters is 4. The van der Waals surface area contributed by atoms with Crippen LogP contribution >= 0.6 is 15.6 Å². The number of phosphoric acid groups is 2. The van der Waals surface area contributed by atoms with Gasteiger partial charge in [-0.3, -0.25) is 37.3 Å². The second kappa shape index (κ2) is 83.1. The Morgan fingerprint density at radius 2 is 0.438 bits per heavy atom. The number of rotatable bonds is 79. The fourth-order valence-electron chi connectivity index (χ4n) is 11.0. The highest BCUT2D eigenvalue weighted by molar-refractivity contribution is 7.47. The summed E-state index contributed by atoms with van der Waals surface area (Å²) in [5.41, 5.74) is 0. The highest BCUT2D eigenvalue weighted by atomic mass is 31.2. The van der Waals surface area contributed by atoms with Gasteiger partial charge in [-0.2, -0.15) is 0 Å². The zero-order valence-corrected chi connectivity index (χ0v) is 71.6. The van der Waals surface area contributed by atoms with Crippen molar-refractivity contribution < 1.29 is 80.2 Å². The summed E-state index contributed by atoms with van der Waals surface area (Å²) in [7, 11) is -10.0. The molecule has 19 heteroatoms. The summed E-state index contributed by atoms with van der Waals surface area (Å²) in [5, 5.41) is 10.7. The first-order chi connectivity index (χ1) is 54.7. The van der Waals surface area contributed by atoms with Gasteiger partial charge in [-0.1, -0.05) is 306 Å². The van der Waals surface area contributed by atoms with E-state index in [0.717, 1.165) is 244 Å². The third-order valence-corrected chi connectivity index (χ3v) is 19.3. The number of carbonyl (C=O) groups is 4. The minimum atomic E-state index is -5.00. The van der Waals surface area contributed by atoms with Crippen molar-refractivity contribution in [2.75, 3.05) is 39.6 Å². The highest BCUT2D eigenvalue weighted by Gasteiger charge is 2.30. The average Bonchev–Trinajstić information content (AvgIpc) is 0.895. The normalized spacial score (nSPS) is 14.7. The van der Waals surface area contributed by atoms with Crippen LogP contribution in [0.3, 0.4) is 0 Å². The lowest BCUT2D eigenvalue weighted by Gasteiger charge is -2.21. The molecule has 0 aromatic carbocycles. The fourth-order valence-corrected chi connectivity index (χ4v) is 12.6. The van der Waals surface area contributed by atoms with Crippen LogP contribution in [0.5, 0.6) is 0 Å². The number of aliphatic hydroxyl groups is 1. The van der Waals surface area contributed by atoms with E-state index in [1.54, 1.807) is 0 Å². The van der Waals surface area contributed by atoms with E-state index < -0.39 is 97.5 Å². The van der Waals surface area contributed by atoms with Crippen molar-refractivity contribution in [2.24, 2.45) is 0 Å². The topological polar surface area (TPSA) is 237 Å².